The molecule has 0 spiro atoms. The lowest BCUT2D eigenvalue weighted by molar-refractivity contribution is -0.128. The molecule has 25 heavy (non-hydrogen) atoms. The Hall–Kier alpha value is -2.04. The summed E-state index contributed by atoms with van der Waals surface area (Å²) < 4.78 is 0. The smallest absolute Gasteiger partial charge is 0.229 e. The van der Waals surface area contributed by atoms with E-state index in [9.17, 15) is 9.59 Å². The summed E-state index contributed by atoms with van der Waals surface area (Å²) in [6, 6.07) is 12.8. The number of halogens is 2. The third kappa shape index (κ3) is 4.14. The number of hydrogen-bond donors (Lipinski definition) is 1. The number of nitrogens with zero attached hydrogens (tertiary/aromatic N) is 1. The molecule has 6 heteroatoms. The van der Waals surface area contributed by atoms with E-state index in [0.29, 0.717) is 28.8 Å². The molecule has 0 radical (unpaired) electrons. The Morgan fingerprint density at radius 2 is 2.00 bits per heavy atom. The van der Waals surface area contributed by atoms with Crippen LogP contribution in [0, 0.1) is 12.8 Å². The zero-order valence-corrected chi connectivity index (χ0v) is 15.3. The molecule has 1 aliphatic rings. The summed E-state index contributed by atoms with van der Waals surface area (Å²) in [4.78, 5) is 26.5. The van der Waals surface area contributed by atoms with Gasteiger partial charge < -0.3 is 10.2 Å². The van der Waals surface area contributed by atoms with Crippen molar-refractivity contribution in [3.8, 4) is 0 Å². The van der Waals surface area contributed by atoms with Crippen molar-refractivity contribution in [1.82, 2.24) is 4.90 Å². The molecule has 1 aliphatic heterocycles. The Bertz CT molecular complexity index is 823. The molecule has 3 rings (SSSR count). The molecule has 2 amide bonds. The molecule has 1 unspecified atom stereocenters. The molecular formula is C19H18Cl2N2O2. The highest BCUT2D eigenvalue weighted by atomic mass is 35.5. The van der Waals surface area contributed by atoms with Crippen LogP contribution in [0.1, 0.15) is 17.5 Å². The normalized spacial score (nSPS) is 17.0. The van der Waals surface area contributed by atoms with Crippen molar-refractivity contribution in [2.75, 3.05) is 11.9 Å². The number of carbonyl (C=O) groups excluding carboxylic acids is 2. The summed E-state index contributed by atoms with van der Waals surface area (Å²) >= 11 is 12.0. The van der Waals surface area contributed by atoms with Gasteiger partial charge in [-0.1, -0.05) is 47.5 Å². The van der Waals surface area contributed by atoms with E-state index in [1.807, 2.05) is 31.2 Å². The maximum absolute atomic E-state index is 12.5. The first-order valence-electron chi connectivity index (χ1n) is 8.02. The lowest BCUT2D eigenvalue weighted by atomic mass is 10.1. The van der Waals surface area contributed by atoms with Crippen molar-refractivity contribution >= 4 is 40.7 Å². The van der Waals surface area contributed by atoms with Gasteiger partial charge in [-0.2, -0.15) is 0 Å². The second kappa shape index (κ2) is 7.46. The highest BCUT2D eigenvalue weighted by Gasteiger charge is 2.34. The van der Waals surface area contributed by atoms with E-state index in [1.54, 1.807) is 23.1 Å². The summed E-state index contributed by atoms with van der Waals surface area (Å²) in [6.07, 6.45) is 0.204. The predicted octanol–water partition coefficient (Wildman–Crippen LogP) is 4.29. The van der Waals surface area contributed by atoms with Gasteiger partial charge in [-0.15, -0.1) is 0 Å². The lowest BCUT2D eigenvalue weighted by Crippen LogP contribution is -2.28. The van der Waals surface area contributed by atoms with Gasteiger partial charge in [0.05, 0.1) is 16.6 Å². The first kappa shape index (κ1) is 17.8. The fourth-order valence-electron chi connectivity index (χ4n) is 2.92. The van der Waals surface area contributed by atoms with Gasteiger partial charge in [0.1, 0.15) is 0 Å². The monoisotopic (exact) mass is 376 g/mol. The molecule has 0 aliphatic carbocycles. The molecule has 130 valence electrons. The fraction of sp³-hybridized carbons (Fsp3) is 0.263. The topological polar surface area (TPSA) is 49.4 Å². The number of aryl methyl sites for hydroxylation is 1. The summed E-state index contributed by atoms with van der Waals surface area (Å²) in [5.41, 5.74) is 2.69. The lowest BCUT2D eigenvalue weighted by Gasteiger charge is -2.18. The van der Waals surface area contributed by atoms with Crippen molar-refractivity contribution in [2.24, 2.45) is 5.92 Å². The van der Waals surface area contributed by atoms with E-state index in [-0.39, 0.29) is 18.2 Å². The Labute approximate surface area is 156 Å². The van der Waals surface area contributed by atoms with E-state index in [1.165, 1.54) is 0 Å². The quantitative estimate of drug-likeness (QED) is 0.864. The second-order valence-electron chi connectivity index (χ2n) is 6.22. The molecule has 4 nitrogen and oxygen atoms in total. The zero-order chi connectivity index (χ0) is 18.0. The van der Waals surface area contributed by atoms with Gasteiger partial charge in [0.2, 0.25) is 11.8 Å². The predicted molar refractivity (Wildman–Crippen MR) is 99.8 cm³/mol. The van der Waals surface area contributed by atoms with Crippen LogP contribution in [0.25, 0.3) is 0 Å². The number of benzene rings is 2. The molecule has 2 aromatic rings. The maximum Gasteiger partial charge on any atom is 0.229 e. The number of rotatable bonds is 4. The van der Waals surface area contributed by atoms with Gasteiger partial charge in [0.15, 0.2) is 0 Å². The average Bonchev–Trinajstić information content (AvgIpc) is 2.94. The number of likely N-dealkylation sites (tertiary alicyclic amines) is 1. The standard InChI is InChI=1S/C19H18Cl2N2O2/c1-12-4-2-3-5-13(12)10-23-11-14(8-18(23)24)19(25)22-17-9-15(20)6-7-16(17)21/h2-7,9,14H,8,10-11H2,1H3,(H,22,25). The minimum absolute atomic E-state index is 0.0133. The molecule has 0 aromatic heterocycles. The third-order valence-corrected chi connectivity index (χ3v) is 4.96. The second-order valence-corrected chi connectivity index (χ2v) is 7.06. The third-order valence-electron chi connectivity index (χ3n) is 4.39. The SMILES string of the molecule is Cc1ccccc1CN1CC(C(=O)Nc2cc(Cl)ccc2Cl)CC1=O. The molecule has 1 heterocycles. The van der Waals surface area contributed by atoms with Crippen LogP contribution >= 0.6 is 23.2 Å². The number of hydrogen-bond acceptors (Lipinski definition) is 2. The first-order valence-corrected chi connectivity index (χ1v) is 8.78. The Balaban J connectivity index is 1.66. The van der Waals surface area contributed by atoms with Crippen LogP contribution in [0.2, 0.25) is 10.0 Å². The van der Waals surface area contributed by atoms with Gasteiger partial charge in [-0.3, -0.25) is 9.59 Å². The molecule has 1 fully saturated rings. The Morgan fingerprint density at radius 3 is 2.76 bits per heavy atom. The van der Waals surface area contributed by atoms with Crippen LogP contribution in [0.4, 0.5) is 5.69 Å². The van der Waals surface area contributed by atoms with Gasteiger partial charge in [-0.25, -0.2) is 0 Å². The van der Waals surface area contributed by atoms with Gasteiger partial charge >= 0.3 is 0 Å². The Morgan fingerprint density at radius 1 is 1.24 bits per heavy atom. The van der Waals surface area contributed by atoms with Crippen molar-refractivity contribution in [2.45, 2.75) is 19.9 Å². The molecule has 0 saturated carbocycles. The molecule has 0 bridgehead atoms. The van der Waals surface area contributed by atoms with Crippen molar-refractivity contribution in [3.63, 3.8) is 0 Å². The average molecular weight is 377 g/mol. The van der Waals surface area contributed by atoms with Crippen LogP contribution < -0.4 is 5.32 Å². The van der Waals surface area contributed by atoms with Crippen LogP contribution in [-0.4, -0.2) is 23.3 Å². The molecule has 2 aromatic carbocycles. The van der Waals surface area contributed by atoms with E-state index in [0.717, 1.165) is 11.1 Å². The fourth-order valence-corrected chi connectivity index (χ4v) is 3.26. The minimum Gasteiger partial charge on any atom is -0.338 e. The van der Waals surface area contributed by atoms with Crippen molar-refractivity contribution in [3.05, 3.63) is 63.6 Å². The van der Waals surface area contributed by atoms with E-state index in [4.69, 9.17) is 23.2 Å². The zero-order valence-electron chi connectivity index (χ0n) is 13.8. The maximum atomic E-state index is 12.5. The highest BCUT2D eigenvalue weighted by molar-refractivity contribution is 6.35. The number of amides is 2. The van der Waals surface area contributed by atoms with Gasteiger partial charge in [0, 0.05) is 24.5 Å². The number of nitrogens with one attached hydrogen (secondary N) is 1. The van der Waals surface area contributed by atoms with E-state index in [2.05, 4.69) is 5.32 Å². The largest absolute Gasteiger partial charge is 0.338 e. The molecule has 1 atom stereocenters. The van der Waals surface area contributed by atoms with Crippen molar-refractivity contribution < 1.29 is 9.59 Å². The van der Waals surface area contributed by atoms with Crippen LogP contribution in [0.3, 0.4) is 0 Å². The van der Waals surface area contributed by atoms with Crippen LogP contribution in [0.15, 0.2) is 42.5 Å². The number of anilines is 1. The molecular weight excluding hydrogens is 359 g/mol. The first-order chi connectivity index (χ1) is 11.9. The van der Waals surface area contributed by atoms with Crippen molar-refractivity contribution in [1.29, 1.82) is 0 Å². The minimum atomic E-state index is -0.397. The highest BCUT2D eigenvalue weighted by Crippen LogP contribution is 2.28. The van der Waals surface area contributed by atoms with Crippen LogP contribution in [-0.2, 0) is 16.1 Å². The van der Waals surface area contributed by atoms with E-state index < -0.39 is 5.92 Å². The summed E-state index contributed by atoms with van der Waals surface area (Å²) in [6.45, 7) is 2.94. The summed E-state index contributed by atoms with van der Waals surface area (Å²) in [7, 11) is 0. The summed E-state index contributed by atoms with van der Waals surface area (Å²) in [5, 5.41) is 3.68. The number of carbonyl (C=O) groups is 2. The van der Waals surface area contributed by atoms with Gasteiger partial charge in [-0.05, 0) is 36.2 Å². The summed E-state index contributed by atoms with van der Waals surface area (Å²) in [5.74, 6) is -0.628. The Kier molecular flexibility index (Phi) is 5.30. The van der Waals surface area contributed by atoms with Crippen LogP contribution in [0.5, 0.6) is 0 Å². The molecule has 1 N–H and O–H groups in total. The van der Waals surface area contributed by atoms with E-state index >= 15 is 0 Å². The van der Waals surface area contributed by atoms with Gasteiger partial charge in [0.25, 0.3) is 0 Å². The molecule has 1 saturated heterocycles.